The molecule has 0 aromatic heterocycles. The van der Waals surface area contributed by atoms with E-state index in [9.17, 15) is 9.59 Å². The molecule has 0 saturated heterocycles. The average Bonchev–Trinajstić information content (AvgIpc) is 2.54. The molecule has 0 aliphatic carbocycles. The van der Waals surface area contributed by atoms with Gasteiger partial charge in [-0.25, -0.2) is 0 Å². The predicted octanol–water partition coefficient (Wildman–Crippen LogP) is 2.64. The van der Waals surface area contributed by atoms with Crippen molar-refractivity contribution in [3.8, 4) is 0 Å². The molecule has 1 unspecified atom stereocenters. The summed E-state index contributed by atoms with van der Waals surface area (Å²) in [5, 5.41) is 3.27. The summed E-state index contributed by atoms with van der Waals surface area (Å²) >= 11 is 1.71. The van der Waals surface area contributed by atoms with Gasteiger partial charge in [-0.2, -0.15) is 0 Å². The van der Waals surface area contributed by atoms with Crippen LogP contribution in [0, 0.1) is 0 Å². The van der Waals surface area contributed by atoms with E-state index in [0.717, 1.165) is 6.42 Å². The molecule has 0 heterocycles. The number of nitrogens with one attached hydrogen (secondary N) is 3. The van der Waals surface area contributed by atoms with Gasteiger partial charge in [0, 0.05) is 11.4 Å². The van der Waals surface area contributed by atoms with Gasteiger partial charge in [0.05, 0.1) is 11.4 Å². The number of hydrazine groups is 1. The minimum absolute atomic E-state index is 0.0104. The summed E-state index contributed by atoms with van der Waals surface area (Å²) in [4.78, 5) is 21.9. The van der Waals surface area contributed by atoms with Crippen LogP contribution in [0.1, 0.15) is 39.5 Å². The van der Waals surface area contributed by atoms with Crippen molar-refractivity contribution in [3.63, 3.8) is 0 Å². The molecule has 0 spiro atoms. The van der Waals surface area contributed by atoms with Crippen LogP contribution in [-0.4, -0.2) is 23.3 Å². The molecule has 0 aliphatic heterocycles. The van der Waals surface area contributed by atoms with E-state index in [1.807, 2.05) is 0 Å². The number of carbonyl (C=O) groups excluding carboxylic acids is 2. The molecule has 0 aromatic carbocycles. The van der Waals surface area contributed by atoms with Crippen LogP contribution >= 0.6 is 11.8 Å². The van der Waals surface area contributed by atoms with Crippen molar-refractivity contribution in [2.75, 3.05) is 5.75 Å². The number of amides is 2. The van der Waals surface area contributed by atoms with Crippen LogP contribution in [0.3, 0.4) is 0 Å². The van der Waals surface area contributed by atoms with E-state index in [2.05, 4.69) is 36.6 Å². The third-order valence-electron chi connectivity index (χ3n) is 2.90. The molecule has 0 aromatic rings. The van der Waals surface area contributed by atoms with Crippen molar-refractivity contribution in [2.24, 2.45) is 0 Å². The lowest BCUT2D eigenvalue weighted by Crippen LogP contribution is -2.28. The zero-order chi connectivity index (χ0) is 16.6. The van der Waals surface area contributed by atoms with E-state index in [4.69, 9.17) is 0 Å². The number of allylic oxidation sites excluding steroid dienone is 3. The Balaban J connectivity index is 4.05. The highest BCUT2D eigenvalue weighted by Gasteiger charge is 2.08. The van der Waals surface area contributed by atoms with Gasteiger partial charge >= 0.3 is 0 Å². The first-order chi connectivity index (χ1) is 10.7. The van der Waals surface area contributed by atoms with Crippen LogP contribution in [0.15, 0.2) is 36.7 Å². The quantitative estimate of drug-likeness (QED) is 0.277. The third kappa shape index (κ3) is 11.0. The summed E-state index contributed by atoms with van der Waals surface area (Å²) in [6.07, 6.45) is 11.7. The maximum Gasteiger partial charge on any atom is 0.233 e. The number of carbonyl (C=O) groups is 2. The summed E-state index contributed by atoms with van der Waals surface area (Å²) < 4.78 is 0. The van der Waals surface area contributed by atoms with Gasteiger partial charge in [-0.05, 0) is 31.1 Å². The van der Waals surface area contributed by atoms with Gasteiger partial charge in [0.15, 0.2) is 0 Å². The summed E-state index contributed by atoms with van der Waals surface area (Å²) in [5.74, 6) is 0.457. The zero-order valence-corrected chi connectivity index (χ0v) is 14.2. The normalized spacial score (nSPS) is 12.7. The van der Waals surface area contributed by atoms with E-state index in [0.29, 0.717) is 23.1 Å². The van der Waals surface area contributed by atoms with Gasteiger partial charge in [-0.1, -0.05) is 33.3 Å². The standard InChI is InChI=1S/C16H27N3O2S/c1-4-7-10-15(6-3)22-12-16(21)17-11-8-9-14(5-2)19-18-13-20/h5,8-9,11,13,15,19H,2,4,6-7,10,12H2,1,3H3,(H,17,21)(H,18,20)/b11-8+,14-9+. The Hall–Kier alpha value is -1.69. The van der Waals surface area contributed by atoms with Crippen molar-refractivity contribution < 1.29 is 9.59 Å². The topological polar surface area (TPSA) is 70.2 Å². The summed E-state index contributed by atoms with van der Waals surface area (Å²) in [6.45, 7) is 7.94. The first kappa shape index (κ1) is 20.3. The monoisotopic (exact) mass is 325 g/mol. The van der Waals surface area contributed by atoms with Crippen molar-refractivity contribution in [3.05, 3.63) is 36.7 Å². The second-order valence-corrected chi connectivity index (χ2v) is 5.91. The number of hydrogen-bond donors (Lipinski definition) is 3. The Labute approximate surface area is 137 Å². The molecule has 0 rings (SSSR count). The van der Waals surface area contributed by atoms with Crippen LogP contribution in [0.2, 0.25) is 0 Å². The molecule has 0 fully saturated rings. The Morgan fingerprint density at radius 3 is 2.73 bits per heavy atom. The molecule has 5 nitrogen and oxygen atoms in total. The van der Waals surface area contributed by atoms with Gasteiger partial charge in [0.2, 0.25) is 12.3 Å². The van der Waals surface area contributed by atoms with Crippen molar-refractivity contribution in [2.45, 2.75) is 44.8 Å². The zero-order valence-electron chi connectivity index (χ0n) is 13.4. The molecular formula is C16H27N3O2S. The minimum atomic E-state index is -0.0104. The van der Waals surface area contributed by atoms with Crippen molar-refractivity contribution >= 4 is 24.1 Å². The van der Waals surface area contributed by atoms with Crippen LogP contribution in [-0.2, 0) is 9.59 Å². The molecule has 124 valence electrons. The molecule has 0 aliphatic rings. The Bertz CT molecular complexity index is 395. The van der Waals surface area contributed by atoms with E-state index in [1.54, 1.807) is 36.2 Å². The van der Waals surface area contributed by atoms with Gasteiger partial charge < -0.3 is 5.32 Å². The number of unbranched alkanes of at least 4 members (excludes halogenated alkanes) is 1. The SMILES string of the molecule is C=C/C(=C\C=C\NC(=O)CSC(CC)CCCC)NNC=O. The minimum Gasteiger partial charge on any atom is -0.332 e. The molecule has 2 amide bonds. The van der Waals surface area contributed by atoms with E-state index < -0.39 is 0 Å². The van der Waals surface area contributed by atoms with E-state index in [1.165, 1.54) is 19.3 Å². The van der Waals surface area contributed by atoms with Crippen molar-refractivity contribution in [1.82, 2.24) is 16.2 Å². The second-order valence-electron chi connectivity index (χ2n) is 4.62. The van der Waals surface area contributed by atoms with Gasteiger partial charge in [-0.15, -0.1) is 11.8 Å². The highest BCUT2D eigenvalue weighted by Crippen LogP contribution is 2.20. The highest BCUT2D eigenvalue weighted by molar-refractivity contribution is 8.00. The molecule has 0 saturated carbocycles. The molecule has 6 heteroatoms. The average molecular weight is 325 g/mol. The highest BCUT2D eigenvalue weighted by atomic mass is 32.2. The number of rotatable bonds is 13. The number of thioether (sulfide) groups is 1. The Kier molecular flexibility index (Phi) is 13.2. The smallest absolute Gasteiger partial charge is 0.233 e. The first-order valence-corrected chi connectivity index (χ1v) is 8.58. The van der Waals surface area contributed by atoms with E-state index >= 15 is 0 Å². The molecule has 1 atom stereocenters. The predicted molar refractivity (Wildman–Crippen MR) is 94.0 cm³/mol. The lowest BCUT2D eigenvalue weighted by molar-refractivity contribution is -0.117. The molecule has 22 heavy (non-hydrogen) atoms. The van der Waals surface area contributed by atoms with Gasteiger partial charge in [0.1, 0.15) is 0 Å². The maximum absolute atomic E-state index is 11.7. The molecule has 3 N–H and O–H groups in total. The van der Waals surface area contributed by atoms with Gasteiger partial charge in [-0.3, -0.25) is 20.4 Å². The van der Waals surface area contributed by atoms with Crippen LogP contribution in [0.5, 0.6) is 0 Å². The lowest BCUT2D eigenvalue weighted by Gasteiger charge is -2.13. The van der Waals surface area contributed by atoms with Crippen LogP contribution in [0.25, 0.3) is 0 Å². The van der Waals surface area contributed by atoms with Crippen molar-refractivity contribution in [1.29, 1.82) is 0 Å². The molecular weight excluding hydrogens is 298 g/mol. The molecule has 0 radical (unpaired) electrons. The summed E-state index contributed by atoms with van der Waals surface area (Å²) in [5.41, 5.74) is 5.56. The Morgan fingerprint density at radius 2 is 2.14 bits per heavy atom. The maximum atomic E-state index is 11.7. The van der Waals surface area contributed by atoms with Gasteiger partial charge in [0.25, 0.3) is 0 Å². The fourth-order valence-electron chi connectivity index (χ4n) is 1.64. The summed E-state index contributed by atoms with van der Waals surface area (Å²) in [6, 6.07) is 0. The van der Waals surface area contributed by atoms with Crippen LogP contribution in [0.4, 0.5) is 0 Å². The fraction of sp³-hybridized carbons (Fsp3) is 0.500. The lowest BCUT2D eigenvalue weighted by atomic mass is 10.2. The largest absolute Gasteiger partial charge is 0.332 e. The molecule has 0 bridgehead atoms. The Morgan fingerprint density at radius 1 is 1.36 bits per heavy atom. The first-order valence-electron chi connectivity index (χ1n) is 7.53. The van der Waals surface area contributed by atoms with Crippen LogP contribution < -0.4 is 16.2 Å². The summed E-state index contributed by atoms with van der Waals surface area (Å²) in [7, 11) is 0. The second kappa shape index (κ2) is 14.3. The number of hydrogen-bond acceptors (Lipinski definition) is 4. The third-order valence-corrected chi connectivity index (χ3v) is 4.37. The van der Waals surface area contributed by atoms with E-state index in [-0.39, 0.29) is 5.91 Å². The fourth-order valence-corrected chi connectivity index (χ4v) is 2.68.